The molecule has 0 saturated carbocycles. The first-order valence-electron chi connectivity index (χ1n) is 10.8. The Labute approximate surface area is 202 Å². The Balaban J connectivity index is 1.80. The highest BCUT2D eigenvalue weighted by atomic mass is 32.2. The fraction of sp³-hybridized carbons (Fsp3) is 0.240. The van der Waals surface area contributed by atoms with Crippen molar-refractivity contribution in [2.45, 2.75) is 33.2 Å². The van der Waals surface area contributed by atoms with Crippen LogP contribution in [0.2, 0.25) is 0 Å². The van der Waals surface area contributed by atoms with Crippen LogP contribution in [-0.2, 0) is 4.79 Å². The number of benzene rings is 2. The maximum absolute atomic E-state index is 14.6. The molecule has 3 aromatic rings. The molecular weight excluding hydrogens is 457 g/mol. The maximum atomic E-state index is 14.6. The third-order valence-electron chi connectivity index (χ3n) is 5.41. The maximum Gasteiger partial charge on any atom is 0.266 e. The predicted octanol–water partition coefficient (Wildman–Crippen LogP) is 6.08. The third kappa shape index (κ3) is 4.72. The van der Waals surface area contributed by atoms with E-state index in [9.17, 15) is 9.18 Å². The average Bonchev–Trinajstić information content (AvgIpc) is 3.36. The van der Waals surface area contributed by atoms with Crippen LogP contribution in [0.1, 0.15) is 32.8 Å². The number of thioether (sulfide) groups is 1. The van der Waals surface area contributed by atoms with Crippen LogP contribution in [-0.4, -0.2) is 37.6 Å². The molecule has 0 spiro atoms. The minimum absolute atomic E-state index is 0.0233. The molecule has 33 heavy (non-hydrogen) atoms. The van der Waals surface area contributed by atoms with Gasteiger partial charge in [0.25, 0.3) is 5.91 Å². The number of amides is 1. The Hall–Kier alpha value is -2.97. The van der Waals surface area contributed by atoms with Gasteiger partial charge in [0.2, 0.25) is 0 Å². The highest BCUT2D eigenvalue weighted by molar-refractivity contribution is 8.26. The number of para-hydroxylation sites is 1. The molecular formula is C25H24FN3O2S2. The molecule has 4 rings (SSSR count). The number of carbonyl (C=O) groups is 1. The van der Waals surface area contributed by atoms with Crippen molar-refractivity contribution in [2.75, 3.05) is 6.61 Å². The summed E-state index contributed by atoms with van der Waals surface area (Å²) in [6, 6.07) is 14.4. The Morgan fingerprint density at radius 1 is 1.21 bits per heavy atom. The van der Waals surface area contributed by atoms with E-state index in [4.69, 9.17) is 22.1 Å². The molecule has 0 N–H and O–H groups in total. The molecule has 5 nitrogen and oxygen atoms in total. The van der Waals surface area contributed by atoms with Gasteiger partial charge in [-0.25, -0.2) is 9.07 Å². The number of nitrogens with zero attached hydrogens (tertiary/aromatic N) is 3. The van der Waals surface area contributed by atoms with Gasteiger partial charge in [0, 0.05) is 23.4 Å². The van der Waals surface area contributed by atoms with E-state index in [0.717, 1.165) is 12.1 Å². The summed E-state index contributed by atoms with van der Waals surface area (Å²) in [5.41, 5.74) is 2.72. The van der Waals surface area contributed by atoms with Crippen molar-refractivity contribution in [1.29, 1.82) is 0 Å². The molecule has 2 aromatic carbocycles. The first-order valence-corrected chi connectivity index (χ1v) is 12.0. The fourth-order valence-electron chi connectivity index (χ4n) is 3.53. The number of aromatic nitrogens is 2. The Bertz CT molecular complexity index is 1220. The minimum atomic E-state index is -0.461. The molecule has 0 bridgehead atoms. The lowest BCUT2D eigenvalue weighted by Gasteiger charge is -2.21. The third-order valence-corrected chi connectivity index (χ3v) is 6.74. The zero-order valence-electron chi connectivity index (χ0n) is 18.6. The van der Waals surface area contributed by atoms with Gasteiger partial charge in [0.05, 0.1) is 17.2 Å². The lowest BCUT2D eigenvalue weighted by atomic mass is 10.1. The smallest absolute Gasteiger partial charge is 0.266 e. The minimum Gasteiger partial charge on any atom is -0.491 e. The molecule has 1 unspecified atom stereocenters. The molecule has 0 radical (unpaired) electrons. The zero-order valence-corrected chi connectivity index (χ0v) is 20.3. The first kappa shape index (κ1) is 23.2. The molecule has 1 aliphatic rings. The molecule has 0 aliphatic carbocycles. The second-order valence-electron chi connectivity index (χ2n) is 7.60. The normalized spacial score (nSPS) is 16.0. The SMILES string of the molecule is CCOc1ccc(-c2nn(-c3ccccc3)cc2/C=C2\SC(=S)N(C(C)CC)C2=O)cc1F. The number of rotatable bonds is 7. The molecule has 1 atom stereocenters. The van der Waals surface area contributed by atoms with Crippen LogP contribution < -0.4 is 4.74 Å². The van der Waals surface area contributed by atoms with Crippen LogP contribution in [0.3, 0.4) is 0 Å². The molecule has 8 heteroatoms. The van der Waals surface area contributed by atoms with Gasteiger partial charge < -0.3 is 4.74 Å². The Morgan fingerprint density at radius 2 is 1.97 bits per heavy atom. The average molecular weight is 482 g/mol. The number of hydrogen-bond acceptors (Lipinski definition) is 5. The standard InChI is InChI=1S/C25H24FN3O2S2/c1-4-16(3)29-24(30)22(33-25(29)32)14-18-15-28(19-9-7-6-8-10-19)27-23(18)17-11-12-21(31-5-2)20(26)13-17/h6-16H,4-5H2,1-3H3/b22-14-. The predicted molar refractivity (Wildman–Crippen MR) is 135 cm³/mol. The van der Waals surface area contributed by atoms with Crippen molar-refractivity contribution >= 4 is 40.3 Å². The highest BCUT2D eigenvalue weighted by Gasteiger charge is 2.35. The van der Waals surface area contributed by atoms with Crippen LogP contribution in [0.4, 0.5) is 4.39 Å². The summed E-state index contributed by atoms with van der Waals surface area (Å²) in [4.78, 5) is 15.2. The van der Waals surface area contributed by atoms with Crippen LogP contribution in [0.5, 0.6) is 5.75 Å². The summed E-state index contributed by atoms with van der Waals surface area (Å²) >= 11 is 6.74. The molecule has 1 aliphatic heterocycles. The van der Waals surface area contributed by atoms with Crippen molar-refractivity contribution in [3.05, 3.63) is 71.0 Å². The van der Waals surface area contributed by atoms with Crippen LogP contribution in [0, 0.1) is 5.82 Å². The lowest BCUT2D eigenvalue weighted by Crippen LogP contribution is -2.36. The van der Waals surface area contributed by atoms with Crippen molar-refractivity contribution in [3.8, 4) is 22.7 Å². The molecule has 1 saturated heterocycles. The summed E-state index contributed by atoms with van der Waals surface area (Å²) < 4.78 is 22.2. The second-order valence-corrected chi connectivity index (χ2v) is 9.28. The van der Waals surface area contributed by atoms with E-state index in [-0.39, 0.29) is 17.7 Å². The van der Waals surface area contributed by atoms with Crippen LogP contribution in [0.15, 0.2) is 59.6 Å². The van der Waals surface area contributed by atoms with E-state index in [0.29, 0.717) is 32.7 Å². The van der Waals surface area contributed by atoms with E-state index in [1.54, 1.807) is 27.8 Å². The van der Waals surface area contributed by atoms with E-state index >= 15 is 0 Å². The topological polar surface area (TPSA) is 47.4 Å². The van der Waals surface area contributed by atoms with Gasteiger partial charge in [-0.2, -0.15) is 5.10 Å². The Kier molecular flexibility index (Phi) is 6.95. The number of hydrogen-bond donors (Lipinski definition) is 0. The van der Waals surface area contributed by atoms with E-state index in [2.05, 4.69) is 0 Å². The van der Waals surface area contributed by atoms with E-state index < -0.39 is 5.82 Å². The van der Waals surface area contributed by atoms with E-state index in [1.807, 2.05) is 57.3 Å². The van der Waals surface area contributed by atoms with Crippen molar-refractivity contribution in [2.24, 2.45) is 0 Å². The van der Waals surface area contributed by atoms with Crippen molar-refractivity contribution < 1.29 is 13.9 Å². The number of thiocarbonyl (C=S) groups is 1. The van der Waals surface area contributed by atoms with Crippen LogP contribution in [0.25, 0.3) is 23.0 Å². The molecule has 170 valence electrons. The van der Waals surface area contributed by atoms with Crippen LogP contribution >= 0.6 is 24.0 Å². The monoisotopic (exact) mass is 481 g/mol. The molecule has 2 heterocycles. The highest BCUT2D eigenvalue weighted by Crippen LogP contribution is 2.36. The zero-order chi connectivity index (χ0) is 23.5. The summed E-state index contributed by atoms with van der Waals surface area (Å²) in [5.74, 6) is -0.381. The van der Waals surface area contributed by atoms with Crippen molar-refractivity contribution in [3.63, 3.8) is 0 Å². The van der Waals surface area contributed by atoms with Crippen molar-refractivity contribution in [1.82, 2.24) is 14.7 Å². The Morgan fingerprint density at radius 3 is 2.64 bits per heavy atom. The lowest BCUT2D eigenvalue weighted by molar-refractivity contribution is -0.123. The summed E-state index contributed by atoms with van der Waals surface area (Å²) in [7, 11) is 0. The largest absolute Gasteiger partial charge is 0.491 e. The molecule has 1 aromatic heterocycles. The number of carbonyl (C=O) groups excluding carboxylic acids is 1. The van der Waals surface area contributed by atoms with Gasteiger partial charge in [-0.1, -0.05) is 49.1 Å². The summed E-state index contributed by atoms with van der Waals surface area (Å²) in [5, 5.41) is 4.72. The second kappa shape index (κ2) is 9.89. The van der Waals surface area contributed by atoms with Gasteiger partial charge in [-0.15, -0.1) is 0 Å². The molecule has 1 fully saturated rings. The van der Waals surface area contributed by atoms with E-state index in [1.165, 1.54) is 17.8 Å². The van der Waals surface area contributed by atoms with Gasteiger partial charge >= 0.3 is 0 Å². The van der Waals surface area contributed by atoms with Gasteiger partial charge in [0.1, 0.15) is 10.0 Å². The summed E-state index contributed by atoms with van der Waals surface area (Å²) in [6.45, 7) is 6.19. The molecule has 1 amide bonds. The van der Waals surface area contributed by atoms with Gasteiger partial charge in [0.15, 0.2) is 11.6 Å². The first-order chi connectivity index (χ1) is 15.9. The fourth-order valence-corrected chi connectivity index (χ4v) is 4.99. The summed E-state index contributed by atoms with van der Waals surface area (Å²) in [6.07, 6.45) is 4.44. The van der Waals surface area contributed by atoms with Gasteiger partial charge in [-0.3, -0.25) is 9.69 Å². The number of halogens is 1. The van der Waals surface area contributed by atoms with Gasteiger partial charge in [-0.05, 0) is 56.7 Å². The number of ether oxygens (including phenoxy) is 1. The quantitative estimate of drug-likeness (QED) is 0.302.